The highest BCUT2D eigenvalue weighted by Gasteiger charge is 2.16. The molecule has 0 unspecified atom stereocenters. The van der Waals surface area contributed by atoms with E-state index in [0.29, 0.717) is 17.1 Å². The van der Waals surface area contributed by atoms with Gasteiger partial charge in [0.15, 0.2) is 16.3 Å². The van der Waals surface area contributed by atoms with Gasteiger partial charge in [0.25, 0.3) is 5.91 Å². The van der Waals surface area contributed by atoms with Crippen molar-refractivity contribution in [2.45, 2.75) is 24.8 Å². The van der Waals surface area contributed by atoms with E-state index in [9.17, 15) is 4.79 Å². The van der Waals surface area contributed by atoms with Crippen LogP contribution in [0.3, 0.4) is 0 Å². The molecule has 1 aliphatic rings. The lowest BCUT2D eigenvalue weighted by molar-refractivity contribution is 0.0997. The van der Waals surface area contributed by atoms with Crippen molar-refractivity contribution in [2.75, 3.05) is 13.0 Å². The maximum atomic E-state index is 12.7. The van der Waals surface area contributed by atoms with E-state index in [2.05, 4.69) is 40.9 Å². The average Bonchev–Trinajstić information content (AvgIpc) is 3.25. The first-order chi connectivity index (χ1) is 12.7. The molecule has 1 amide bonds. The number of aromatic nitrogens is 1. The Morgan fingerprint density at radius 3 is 2.88 bits per heavy atom. The molecule has 1 aromatic heterocycles. The van der Waals surface area contributed by atoms with Gasteiger partial charge in [-0.2, -0.15) is 4.99 Å². The minimum Gasteiger partial charge on any atom is -0.454 e. The number of aryl methyl sites for hydroxylation is 1. The number of hydrogen-bond acceptors (Lipinski definition) is 5. The van der Waals surface area contributed by atoms with Crippen molar-refractivity contribution in [3.63, 3.8) is 0 Å². The van der Waals surface area contributed by atoms with Crippen molar-refractivity contribution < 1.29 is 14.3 Å². The van der Waals surface area contributed by atoms with E-state index in [1.807, 2.05) is 0 Å². The number of thiazole rings is 1. The van der Waals surface area contributed by atoms with Crippen LogP contribution in [0.15, 0.2) is 46.3 Å². The Kier molecular flexibility index (Phi) is 4.74. The van der Waals surface area contributed by atoms with Crippen LogP contribution in [-0.2, 0) is 6.54 Å². The van der Waals surface area contributed by atoms with Crippen molar-refractivity contribution in [1.82, 2.24) is 4.57 Å². The third-order valence-electron chi connectivity index (χ3n) is 4.15. The van der Waals surface area contributed by atoms with Crippen molar-refractivity contribution in [2.24, 2.45) is 4.99 Å². The fraction of sp³-hybridized carbons (Fsp3) is 0.263. The molecule has 2 aromatic carbocycles. The van der Waals surface area contributed by atoms with Crippen LogP contribution in [0.5, 0.6) is 11.5 Å². The Morgan fingerprint density at radius 1 is 1.23 bits per heavy atom. The highest BCUT2D eigenvalue weighted by molar-refractivity contribution is 7.98. The van der Waals surface area contributed by atoms with Crippen LogP contribution in [-0.4, -0.2) is 23.5 Å². The van der Waals surface area contributed by atoms with E-state index in [1.54, 1.807) is 41.3 Å². The largest absolute Gasteiger partial charge is 0.454 e. The number of benzene rings is 2. The molecule has 0 aliphatic carbocycles. The first kappa shape index (κ1) is 17.2. The number of thioether (sulfide) groups is 1. The number of carbonyl (C=O) groups is 1. The zero-order valence-electron chi connectivity index (χ0n) is 14.5. The highest BCUT2D eigenvalue weighted by Crippen LogP contribution is 2.32. The Bertz CT molecular complexity index is 1050. The van der Waals surface area contributed by atoms with Crippen LogP contribution in [0.2, 0.25) is 0 Å². The van der Waals surface area contributed by atoms with Crippen molar-refractivity contribution in [3.8, 4) is 11.5 Å². The van der Waals surface area contributed by atoms with Gasteiger partial charge in [0, 0.05) is 17.0 Å². The van der Waals surface area contributed by atoms with E-state index in [1.165, 1.54) is 4.90 Å². The lowest BCUT2D eigenvalue weighted by Crippen LogP contribution is -2.16. The van der Waals surface area contributed by atoms with Gasteiger partial charge in [-0.25, -0.2) is 0 Å². The topological polar surface area (TPSA) is 52.8 Å². The molecule has 0 spiro atoms. The van der Waals surface area contributed by atoms with E-state index < -0.39 is 0 Å². The maximum absolute atomic E-state index is 12.7. The molecule has 0 N–H and O–H groups in total. The number of carbonyl (C=O) groups excluding carboxylic acids is 1. The van der Waals surface area contributed by atoms with E-state index >= 15 is 0 Å². The van der Waals surface area contributed by atoms with Gasteiger partial charge in [0.05, 0.1) is 10.2 Å². The molecule has 4 rings (SSSR count). The third kappa shape index (κ3) is 3.12. The Labute approximate surface area is 159 Å². The van der Waals surface area contributed by atoms with Crippen LogP contribution < -0.4 is 14.3 Å². The second kappa shape index (κ2) is 7.17. The molecule has 5 nitrogen and oxygen atoms in total. The molecule has 26 heavy (non-hydrogen) atoms. The summed E-state index contributed by atoms with van der Waals surface area (Å²) in [6.07, 6.45) is 3.03. The second-order valence-electron chi connectivity index (χ2n) is 5.85. The standard InChI is InChI=1S/C19H18N2O3S2/c1-3-8-21-14-6-5-13(25-2)10-17(14)26-19(21)20-18(22)12-4-7-15-16(9-12)24-11-23-15/h4-7,9-10H,3,8,11H2,1-2H3. The fourth-order valence-electron chi connectivity index (χ4n) is 2.89. The SMILES string of the molecule is CCCn1c(=NC(=O)c2ccc3c(c2)OCO3)sc2cc(SC)ccc21. The lowest BCUT2D eigenvalue weighted by Gasteiger charge is -2.03. The Balaban J connectivity index is 1.79. The second-order valence-corrected chi connectivity index (χ2v) is 7.74. The molecule has 0 saturated heterocycles. The summed E-state index contributed by atoms with van der Waals surface area (Å²) in [5.74, 6) is 0.979. The zero-order valence-corrected chi connectivity index (χ0v) is 16.2. The molecule has 3 aromatic rings. The lowest BCUT2D eigenvalue weighted by atomic mass is 10.2. The minimum absolute atomic E-state index is 0.189. The minimum atomic E-state index is -0.273. The zero-order chi connectivity index (χ0) is 18.1. The molecule has 0 fully saturated rings. The van der Waals surface area contributed by atoms with Crippen LogP contribution in [0, 0.1) is 0 Å². The van der Waals surface area contributed by atoms with Gasteiger partial charge in [-0.1, -0.05) is 18.3 Å². The molecule has 7 heteroatoms. The molecule has 0 bridgehead atoms. The quantitative estimate of drug-likeness (QED) is 0.627. The summed E-state index contributed by atoms with van der Waals surface area (Å²) in [6, 6.07) is 11.5. The fourth-order valence-corrected chi connectivity index (χ4v) is 4.49. The van der Waals surface area contributed by atoms with Crippen LogP contribution >= 0.6 is 23.1 Å². The smallest absolute Gasteiger partial charge is 0.279 e. The van der Waals surface area contributed by atoms with Crippen molar-refractivity contribution in [3.05, 3.63) is 46.8 Å². The molecular weight excluding hydrogens is 368 g/mol. The first-order valence-corrected chi connectivity index (χ1v) is 10.4. The summed E-state index contributed by atoms with van der Waals surface area (Å²) < 4.78 is 13.9. The van der Waals surface area contributed by atoms with Crippen LogP contribution in [0.25, 0.3) is 10.2 Å². The van der Waals surface area contributed by atoms with Gasteiger partial charge in [-0.15, -0.1) is 11.8 Å². The number of hydrogen-bond donors (Lipinski definition) is 0. The van der Waals surface area contributed by atoms with Gasteiger partial charge in [0.1, 0.15) is 0 Å². The van der Waals surface area contributed by atoms with E-state index in [4.69, 9.17) is 9.47 Å². The van der Waals surface area contributed by atoms with Gasteiger partial charge >= 0.3 is 0 Å². The summed E-state index contributed by atoms with van der Waals surface area (Å²) in [7, 11) is 0. The van der Waals surface area contributed by atoms with Crippen molar-refractivity contribution in [1.29, 1.82) is 0 Å². The molecule has 134 valence electrons. The van der Waals surface area contributed by atoms with Crippen LogP contribution in [0.4, 0.5) is 0 Å². The maximum Gasteiger partial charge on any atom is 0.279 e. The average molecular weight is 386 g/mol. The molecular formula is C19H18N2O3S2. The summed E-state index contributed by atoms with van der Waals surface area (Å²) in [5, 5.41) is 0. The summed E-state index contributed by atoms with van der Waals surface area (Å²) in [4.78, 5) is 19.0. The molecule has 0 saturated carbocycles. The number of nitrogens with zero attached hydrogens (tertiary/aromatic N) is 2. The number of ether oxygens (including phenoxy) is 2. The van der Waals surface area contributed by atoms with Crippen molar-refractivity contribution >= 4 is 39.2 Å². The predicted molar refractivity (Wildman–Crippen MR) is 104 cm³/mol. The number of amides is 1. The van der Waals surface area contributed by atoms with Crippen LogP contribution in [0.1, 0.15) is 23.7 Å². The Hall–Kier alpha value is -2.25. The highest BCUT2D eigenvalue weighted by atomic mass is 32.2. The molecule has 1 aliphatic heterocycles. The summed E-state index contributed by atoms with van der Waals surface area (Å²) in [5.41, 5.74) is 1.62. The van der Waals surface area contributed by atoms with E-state index in [0.717, 1.165) is 28.0 Å². The molecule has 2 heterocycles. The number of rotatable bonds is 4. The summed E-state index contributed by atoms with van der Waals surface area (Å²) >= 11 is 3.26. The molecule has 0 atom stereocenters. The third-order valence-corrected chi connectivity index (χ3v) is 5.92. The van der Waals surface area contributed by atoms with E-state index in [-0.39, 0.29) is 12.7 Å². The monoisotopic (exact) mass is 386 g/mol. The predicted octanol–water partition coefficient (Wildman–Crippen LogP) is 4.30. The first-order valence-electron chi connectivity index (χ1n) is 8.35. The summed E-state index contributed by atoms with van der Waals surface area (Å²) in [6.45, 7) is 3.14. The van der Waals surface area contributed by atoms with Gasteiger partial charge in [0.2, 0.25) is 6.79 Å². The number of fused-ring (bicyclic) bond motifs is 2. The normalized spacial score (nSPS) is 13.5. The Morgan fingerprint density at radius 2 is 2.08 bits per heavy atom. The van der Waals surface area contributed by atoms with Gasteiger partial charge in [-0.05, 0) is 49.1 Å². The molecule has 0 radical (unpaired) electrons. The van der Waals surface area contributed by atoms with Gasteiger partial charge in [-0.3, -0.25) is 4.79 Å². The van der Waals surface area contributed by atoms with Gasteiger partial charge < -0.3 is 14.0 Å².